The van der Waals surface area contributed by atoms with E-state index >= 15 is 0 Å². The van der Waals surface area contributed by atoms with Crippen LogP contribution in [0.1, 0.15) is 22.0 Å². The van der Waals surface area contributed by atoms with Crippen LogP contribution in [0.2, 0.25) is 0 Å². The summed E-state index contributed by atoms with van der Waals surface area (Å²) in [7, 11) is 0. The summed E-state index contributed by atoms with van der Waals surface area (Å²) in [5, 5.41) is 21.6. The Balaban J connectivity index is 1.99. The van der Waals surface area contributed by atoms with Crippen molar-refractivity contribution in [2.75, 3.05) is 6.54 Å². The van der Waals surface area contributed by atoms with Crippen molar-refractivity contribution in [2.45, 2.75) is 6.10 Å². The van der Waals surface area contributed by atoms with Crippen molar-refractivity contribution in [2.24, 2.45) is 0 Å². The lowest BCUT2D eigenvalue weighted by Crippen LogP contribution is -2.28. The Bertz CT molecular complexity index is 616. The van der Waals surface area contributed by atoms with Gasteiger partial charge in [0.25, 0.3) is 5.91 Å². The first-order chi connectivity index (χ1) is 9.58. The Hall–Kier alpha value is -2.40. The van der Waals surface area contributed by atoms with Crippen molar-refractivity contribution in [3.8, 4) is 5.75 Å². The number of hydrogen-bond acceptors (Lipinski definition) is 3. The quantitative estimate of drug-likeness (QED) is 0.799. The summed E-state index contributed by atoms with van der Waals surface area (Å²) in [6.45, 7) is -0.116. The van der Waals surface area contributed by atoms with Crippen LogP contribution in [0.3, 0.4) is 0 Å². The second kappa shape index (κ2) is 6.16. The Kier molecular flexibility index (Phi) is 4.32. The molecule has 4 nitrogen and oxygen atoms in total. The van der Waals surface area contributed by atoms with Crippen molar-refractivity contribution in [1.82, 2.24) is 5.32 Å². The van der Waals surface area contributed by atoms with Crippen LogP contribution in [-0.4, -0.2) is 22.7 Å². The highest BCUT2D eigenvalue weighted by Crippen LogP contribution is 2.16. The molecule has 2 aromatic carbocycles. The molecule has 0 saturated heterocycles. The molecule has 0 spiro atoms. The van der Waals surface area contributed by atoms with E-state index in [1.54, 1.807) is 6.07 Å². The van der Waals surface area contributed by atoms with Gasteiger partial charge in [0, 0.05) is 17.7 Å². The fourth-order valence-electron chi connectivity index (χ4n) is 1.79. The van der Waals surface area contributed by atoms with Crippen LogP contribution in [0.4, 0.5) is 4.39 Å². The maximum Gasteiger partial charge on any atom is 0.251 e. The highest BCUT2D eigenvalue weighted by Gasteiger charge is 2.14. The predicted octanol–water partition coefficient (Wildman–Crippen LogP) is 1.99. The van der Waals surface area contributed by atoms with Crippen molar-refractivity contribution < 1.29 is 19.4 Å². The number of phenols is 1. The Morgan fingerprint density at radius 2 is 1.95 bits per heavy atom. The summed E-state index contributed by atoms with van der Waals surface area (Å²) < 4.78 is 13.4. The van der Waals surface area contributed by atoms with E-state index in [2.05, 4.69) is 5.32 Å². The minimum Gasteiger partial charge on any atom is -0.508 e. The Morgan fingerprint density at radius 1 is 1.20 bits per heavy atom. The topological polar surface area (TPSA) is 69.6 Å². The van der Waals surface area contributed by atoms with Gasteiger partial charge >= 0.3 is 0 Å². The molecule has 20 heavy (non-hydrogen) atoms. The van der Waals surface area contributed by atoms with Crippen LogP contribution in [0.15, 0.2) is 48.5 Å². The summed E-state index contributed by atoms with van der Waals surface area (Å²) in [5.74, 6) is -0.991. The largest absolute Gasteiger partial charge is 0.508 e. The number of hydrogen-bond donors (Lipinski definition) is 3. The molecule has 0 aliphatic carbocycles. The molecule has 3 N–H and O–H groups in total. The molecular formula is C15H14FNO3. The van der Waals surface area contributed by atoms with Gasteiger partial charge in [-0.05, 0) is 24.3 Å². The normalized spacial score (nSPS) is 11.9. The van der Waals surface area contributed by atoms with Crippen molar-refractivity contribution >= 4 is 5.91 Å². The van der Waals surface area contributed by atoms with Crippen LogP contribution in [0.5, 0.6) is 5.75 Å². The summed E-state index contributed by atoms with van der Waals surface area (Å²) >= 11 is 0. The van der Waals surface area contributed by atoms with Crippen LogP contribution < -0.4 is 5.32 Å². The van der Waals surface area contributed by atoms with Crippen molar-refractivity contribution in [3.05, 3.63) is 65.5 Å². The molecule has 2 rings (SSSR count). The highest BCUT2D eigenvalue weighted by molar-refractivity contribution is 5.94. The second-order valence-electron chi connectivity index (χ2n) is 4.30. The van der Waals surface area contributed by atoms with Crippen LogP contribution in [0, 0.1) is 5.82 Å². The molecule has 0 aromatic heterocycles. The van der Waals surface area contributed by atoms with Crippen LogP contribution in [-0.2, 0) is 0 Å². The predicted molar refractivity (Wildman–Crippen MR) is 71.8 cm³/mol. The van der Waals surface area contributed by atoms with Gasteiger partial charge in [-0.1, -0.05) is 24.3 Å². The number of amides is 1. The van der Waals surface area contributed by atoms with E-state index < -0.39 is 17.8 Å². The summed E-state index contributed by atoms with van der Waals surface area (Å²) in [6.07, 6.45) is -1.13. The number of nitrogens with one attached hydrogen (secondary N) is 1. The first-order valence-electron chi connectivity index (χ1n) is 6.07. The average molecular weight is 275 g/mol. The molecule has 0 aliphatic heterocycles. The van der Waals surface area contributed by atoms with E-state index in [4.69, 9.17) is 0 Å². The highest BCUT2D eigenvalue weighted by atomic mass is 19.1. The summed E-state index contributed by atoms with van der Waals surface area (Å²) in [4.78, 5) is 11.8. The minimum absolute atomic E-state index is 0.0210. The van der Waals surface area contributed by atoms with Gasteiger partial charge in [0.05, 0.1) is 6.10 Å². The number of rotatable bonds is 4. The molecule has 1 amide bonds. The lowest BCUT2D eigenvalue weighted by Gasteiger charge is -2.13. The summed E-state index contributed by atoms with van der Waals surface area (Å²) in [6, 6.07) is 11.7. The molecule has 0 heterocycles. The third-order valence-corrected chi connectivity index (χ3v) is 2.83. The lowest BCUT2D eigenvalue weighted by molar-refractivity contribution is 0.0913. The third kappa shape index (κ3) is 3.33. The number of benzene rings is 2. The second-order valence-corrected chi connectivity index (χ2v) is 4.30. The van der Waals surface area contributed by atoms with Gasteiger partial charge in [0.1, 0.15) is 11.6 Å². The van der Waals surface area contributed by atoms with Gasteiger partial charge in [-0.3, -0.25) is 4.79 Å². The molecule has 5 heteroatoms. The van der Waals surface area contributed by atoms with Gasteiger partial charge in [-0.25, -0.2) is 4.39 Å². The van der Waals surface area contributed by atoms with Crippen LogP contribution in [0.25, 0.3) is 0 Å². The van der Waals surface area contributed by atoms with E-state index in [0.29, 0.717) is 0 Å². The first kappa shape index (κ1) is 14.0. The first-order valence-corrected chi connectivity index (χ1v) is 6.07. The number of aliphatic hydroxyl groups excluding tert-OH is 1. The number of carbonyl (C=O) groups is 1. The zero-order chi connectivity index (χ0) is 14.5. The fraction of sp³-hybridized carbons (Fsp3) is 0.133. The summed E-state index contributed by atoms with van der Waals surface area (Å²) in [5.41, 5.74) is 0.398. The van der Waals surface area contributed by atoms with Crippen molar-refractivity contribution in [1.29, 1.82) is 0 Å². The lowest BCUT2D eigenvalue weighted by atomic mass is 10.1. The van der Waals surface area contributed by atoms with Gasteiger partial charge in [0.15, 0.2) is 0 Å². The Labute approximate surface area is 115 Å². The van der Waals surface area contributed by atoms with Crippen LogP contribution >= 0.6 is 0 Å². The molecule has 1 atom stereocenters. The van der Waals surface area contributed by atoms with Crippen molar-refractivity contribution in [3.63, 3.8) is 0 Å². The zero-order valence-corrected chi connectivity index (χ0v) is 10.6. The maximum atomic E-state index is 13.4. The SMILES string of the molecule is O=C(NCC(O)c1ccccc1F)c1cccc(O)c1. The minimum atomic E-state index is -1.13. The third-order valence-electron chi connectivity index (χ3n) is 2.83. The maximum absolute atomic E-state index is 13.4. The van der Waals surface area contributed by atoms with E-state index in [0.717, 1.165) is 0 Å². The average Bonchev–Trinajstić information content (AvgIpc) is 2.45. The number of halogens is 1. The van der Waals surface area contributed by atoms with Gasteiger partial charge in [-0.2, -0.15) is 0 Å². The Morgan fingerprint density at radius 3 is 2.65 bits per heavy atom. The molecule has 2 aromatic rings. The zero-order valence-electron chi connectivity index (χ0n) is 10.6. The molecule has 104 valence electrons. The number of aliphatic hydroxyl groups is 1. The van der Waals surface area contributed by atoms with E-state index in [1.165, 1.54) is 42.5 Å². The molecule has 0 saturated carbocycles. The molecule has 0 fully saturated rings. The van der Waals surface area contributed by atoms with Gasteiger partial charge in [0.2, 0.25) is 0 Å². The molecular weight excluding hydrogens is 261 g/mol. The van der Waals surface area contributed by atoms with E-state index in [9.17, 15) is 19.4 Å². The van der Waals surface area contributed by atoms with E-state index in [1.807, 2.05) is 0 Å². The van der Waals surface area contributed by atoms with E-state index in [-0.39, 0.29) is 23.4 Å². The van der Waals surface area contributed by atoms with Gasteiger partial charge < -0.3 is 15.5 Å². The molecule has 0 bridgehead atoms. The fourth-order valence-corrected chi connectivity index (χ4v) is 1.79. The monoisotopic (exact) mass is 275 g/mol. The van der Waals surface area contributed by atoms with Gasteiger partial charge in [-0.15, -0.1) is 0 Å². The standard InChI is InChI=1S/C15H14FNO3/c16-13-7-2-1-6-12(13)14(19)9-17-15(20)10-4-3-5-11(18)8-10/h1-8,14,18-19H,9H2,(H,17,20). The molecule has 0 aliphatic rings. The molecule has 0 radical (unpaired) electrons. The smallest absolute Gasteiger partial charge is 0.251 e. The number of phenolic OH excluding ortho intramolecular Hbond substituents is 1. The number of aromatic hydroxyl groups is 1. The molecule has 1 unspecified atom stereocenters. The number of carbonyl (C=O) groups excluding carboxylic acids is 1.